The predicted molar refractivity (Wildman–Crippen MR) is 122 cm³/mol. The minimum atomic E-state index is -3.80. The van der Waals surface area contributed by atoms with E-state index in [1.54, 1.807) is 12.4 Å². The summed E-state index contributed by atoms with van der Waals surface area (Å²) < 4.78 is 28.0. The Kier molecular flexibility index (Phi) is 5.24. The fourth-order valence-corrected chi connectivity index (χ4v) is 5.14. The number of H-pyrrole nitrogens is 1. The van der Waals surface area contributed by atoms with Gasteiger partial charge in [0.15, 0.2) is 5.03 Å². The van der Waals surface area contributed by atoms with Crippen LogP contribution in [0.25, 0.3) is 22.3 Å². The highest BCUT2D eigenvalue weighted by molar-refractivity contribution is 7.89. The monoisotopic (exact) mass is 460 g/mol. The van der Waals surface area contributed by atoms with Gasteiger partial charge in [0.05, 0.1) is 23.0 Å². The number of rotatable bonds is 6. The zero-order valence-electron chi connectivity index (χ0n) is 17.6. The molecule has 5 rings (SSSR count). The Morgan fingerprint density at radius 1 is 1.12 bits per heavy atom. The van der Waals surface area contributed by atoms with Crippen molar-refractivity contribution in [3.05, 3.63) is 60.4 Å². The van der Waals surface area contributed by atoms with Gasteiger partial charge in [0, 0.05) is 47.8 Å². The van der Waals surface area contributed by atoms with E-state index in [2.05, 4.69) is 35.0 Å². The molecule has 1 aliphatic rings. The Hall–Kier alpha value is -3.88. The van der Waals surface area contributed by atoms with E-state index in [1.165, 1.54) is 18.3 Å². The molecule has 4 aromatic heterocycles. The molecule has 0 bridgehead atoms. The van der Waals surface area contributed by atoms with E-state index < -0.39 is 10.0 Å². The van der Waals surface area contributed by atoms with Crippen LogP contribution in [-0.2, 0) is 10.0 Å². The molecule has 0 atom stereocenters. The molecule has 0 saturated heterocycles. The van der Waals surface area contributed by atoms with Crippen LogP contribution in [0.15, 0.2) is 54.1 Å². The maximum atomic E-state index is 12.6. The Labute approximate surface area is 190 Å². The third-order valence-electron chi connectivity index (χ3n) is 5.59. The molecule has 0 unspecified atom stereocenters. The van der Waals surface area contributed by atoms with E-state index in [4.69, 9.17) is 5.26 Å². The molecular formula is C22H20N8O2S. The van der Waals surface area contributed by atoms with Gasteiger partial charge in [-0.1, -0.05) is 0 Å². The number of hydrogen-bond acceptors (Lipinski definition) is 8. The van der Waals surface area contributed by atoms with Gasteiger partial charge in [-0.15, -0.1) is 0 Å². The lowest BCUT2D eigenvalue weighted by Crippen LogP contribution is -2.49. The van der Waals surface area contributed by atoms with E-state index in [-0.39, 0.29) is 22.7 Å². The van der Waals surface area contributed by atoms with Gasteiger partial charge in [-0.05, 0) is 44.0 Å². The lowest BCUT2D eigenvalue weighted by Gasteiger charge is -2.37. The highest BCUT2D eigenvalue weighted by Crippen LogP contribution is 2.35. The second-order valence-electron chi connectivity index (χ2n) is 7.90. The van der Waals surface area contributed by atoms with Gasteiger partial charge >= 0.3 is 0 Å². The zero-order chi connectivity index (χ0) is 23.0. The predicted octanol–water partition coefficient (Wildman–Crippen LogP) is 2.52. The van der Waals surface area contributed by atoms with Crippen LogP contribution in [0.2, 0.25) is 0 Å². The summed E-state index contributed by atoms with van der Waals surface area (Å²) in [6.07, 6.45) is 7.85. The number of nitrogens with zero attached hydrogens (tertiary/aromatic N) is 5. The molecule has 0 aliphatic heterocycles. The van der Waals surface area contributed by atoms with Gasteiger partial charge < -0.3 is 10.3 Å². The number of nitrogens with one attached hydrogen (secondary N) is 3. The first-order valence-electron chi connectivity index (χ1n) is 10.3. The number of hydrogen-bond donors (Lipinski definition) is 3. The molecule has 1 aliphatic carbocycles. The SMILES string of the molecule is Cc1nccc(-c2cnc3[nH]ccc3c2N[C@H]2C[C@@H](NS(=O)(=O)c3cc(C#N)ccn3)C2)n1. The second kappa shape index (κ2) is 8.23. The van der Waals surface area contributed by atoms with Crippen molar-refractivity contribution in [1.82, 2.24) is 29.6 Å². The van der Waals surface area contributed by atoms with Gasteiger partial charge in [-0.25, -0.2) is 33.1 Å². The zero-order valence-corrected chi connectivity index (χ0v) is 18.5. The normalized spacial score (nSPS) is 17.9. The average molecular weight is 461 g/mol. The van der Waals surface area contributed by atoms with Crippen LogP contribution in [0.5, 0.6) is 0 Å². The van der Waals surface area contributed by atoms with Gasteiger partial charge in [-0.3, -0.25) is 0 Å². The molecular weight excluding hydrogens is 440 g/mol. The first kappa shape index (κ1) is 21.0. The third kappa shape index (κ3) is 4.13. The molecule has 0 amide bonds. The maximum absolute atomic E-state index is 12.6. The number of aromatic amines is 1. The van der Waals surface area contributed by atoms with Crippen molar-refractivity contribution >= 4 is 26.7 Å². The lowest BCUT2D eigenvalue weighted by molar-refractivity contribution is 0.346. The van der Waals surface area contributed by atoms with E-state index in [1.807, 2.05) is 31.3 Å². The van der Waals surface area contributed by atoms with Crippen LogP contribution in [0.4, 0.5) is 5.69 Å². The summed E-state index contributed by atoms with van der Waals surface area (Å²) in [6.45, 7) is 1.84. The molecule has 1 fully saturated rings. The van der Waals surface area contributed by atoms with Gasteiger partial charge in [0.25, 0.3) is 10.0 Å². The molecule has 0 spiro atoms. The summed E-state index contributed by atoms with van der Waals surface area (Å²) in [5, 5.41) is 13.3. The number of aromatic nitrogens is 5. The molecule has 0 radical (unpaired) electrons. The number of aryl methyl sites for hydroxylation is 1. The summed E-state index contributed by atoms with van der Waals surface area (Å²) >= 11 is 0. The molecule has 4 aromatic rings. The quantitative estimate of drug-likeness (QED) is 0.397. The molecule has 4 heterocycles. The summed E-state index contributed by atoms with van der Waals surface area (Å²) in [4.78, 5) is 20.2. The third-order valence-corrected chi connectivity index (χ3v) is 7.00. The van der Waals surface area contributed by atoms with Crippen LogP contribution in [0.3, 0.4) is 0 Å². The molecule has 1 saturated carbocycles. The van der Waals surface area contributed by atoms with Gasteiger partial charge in [0.2, 0.25) is 0 Å². The first-order chi connectivity index (χ1) is 15.9. The van der Waals surface area contributed by atoms with Gasteiger partial charge in [-0.2, -0.15) is 5.26 Å². The summed E-state index contributed by atoms with van der Waals surface area (Å²) in [6, 6.07) is 8.30. The van der Waals surface area contributed by atoms with Crippen LogP contribution in [0, 0.1) is 18.3 Å². The Bertz CT molecular complexity index is 1490. The summed E-state index contributed by atoms with van der Waals surface area (Å²) in [7, 11) is -3.80. The van der Waals surface area contributed by atoms with E-state index in [0.29, 0.717) is 18.7 Å². The fraction of sp³-hybridized carbons (Fsp3) is 0.227. The van der Waals surface area contributed by atoms with Crippen LogP contribution in [-0.4, -0.2) is 45.4 Å². The topological polar surface area (TPSA) is 149 Å². The largest absolute Gasteiger partial charge is 0.381 e. The number of pyridine rings is 2. The maximum Gasteiger partial charge on any atom is 0.258 e. The van der Waals surface area contributed by atoms with Crippen molar-refractivity contribution in [1.29, 1.82) is 5.26 Å². The minimum Gasteiger partial charge on any atom is -0.381 e. The minimum absolute atomic E-state index is 0.0679. The summed E-state index contributed by atoms with van der Waals surface area (Å²) in [5.74, 6) is 0.666. The van der Waals surface area contributed by atoms with Crippen molar-refractivity contribution in [2.24, 2.45) is 0 Å². The van der Waals surface area contributed by atoms with Crippen LogP contribution >= 0.6 is 0 Å². The van der Waals surface area contributed by atoms with Crippen molar-refractivity contribution in [3.8, 4) is 17.3 Å². The van der Waals surface area contributed by atoms with Gasteiger partial charge in [0.1, 0.15) is 11.5 Å². The van der Waals surface area contributed by atoms with E-state index in [9.17, 15) is 8.42 Å². The summed E-state index contributed by atoms with van der Waals surface area (Å²) in [5.41, 5.74) is 3.52. The lowest BCUT2D eigenvalue weighted by atomic mass is 9.87. The Morgan fingerprint density at radius 2 is 1.94 bits per heavy atom. The second-order valence-corrected chi connectivity index (χ2v) is 9.56. The van der Waals surface area contributed by atoms with Crippen molar-refractivity contribution in [3.63, 3.8) is 0 Å². The van der Waals surface area contributed by atoms with E-state index >= 15 is 0 Å². The number of anilines is 1. The molecule has 11 heteroatoms. The first-order valence-corrected chi connectivity index (χ1v) is 11.8. The fourth-order valence-electron chi connectivity index (χ4n) is 3.91. The number of sulfonamides is 1. The average Bonchev–Trinajstić information content (AvgIpc) is 3.27. The van der Waals surface area contributed by atoms with Crippen molar-refractivity contribution in [2.45, 2.75) is 36.9 Å². The number of fused-ring (bicyclic) bond motifs is 1. The smallest absolute Gasteiger partial charge is 0.258 e. The molecule has 33 heavy (non-hydrogen) atoms. The van der Waals surface area contributed by atoms with E-state index in [0.717, 1.165) is 28.0 Å². The standard InChI is InChI=1S/C22H20N8O2S/c1-13-24-7-4-19(28-13)18-12-27-22-17(3-6-26-22)21(18)29-15-9-16(10-15)30-33(31,32)20-8-14(11-23)2-5-25-20/h2-8,12,15-16,30H,9-10H2,1H3,(H2,26,27,29)/t15-,16+. The van der Waals surface area contributed by atoms with Crippen LogP contribution < -0.4 is 10.0 Å². The molecule has 0 aromatic carbocycles. The van der Waals surface area contributed by atoms with Crippen molar-refractivity contribution < 1.29 is 8.42 Å². The van der Waals surface area contributed by atoms with Crippen LogP contribution in [0.1, 0.15) is 24.2 Å². The molecule has 10 nitrogen and oxygen atoms in total. The molecule has 166 valence electrons. The highest BCUT2D eigenvalue weighted by Gasteiger charge is 2.34. The molecule has 3 N–H and O–H groups in total. The Balaban J connectivity index is 1.34. The van der Waals surface area contributed by atoms with Crippen molar-refractivity contribution in [2.75, 3.05) is 5.32 Å². The Morgan fingerprint density at radius 3 is 2.73 bits per heavy atom. The number of nitriles is 1. The highest BCUT2D eigenvalue weighted by atomic mass is 32.2.